The minimum Gasteiger partial charge on any atom is -0.431 e. The van der Waals surface area contributed by atoms with Gasteiger partial charge in [-0.25, -0.2) is 0 Å². The first-order valence-electron chi connectivity index (χ1n) is 5.14. The van der Waals surface area contributed by atoms with E-state index in [-0.39, 0.29) is 0 Å². The smallest absolute Gasteiger partial charge is 0.262 e. The summed E-state index contributed by atoms with van der Waals surface area (Å²) >= 11 is 5.07. The number of hydrogen-bond acceptors (Lipinski definition) is 3. The van der Waals surface area contributed by atoms with Crippen molar-refractivity contribution in [3.63, 3.8) is 0 Å². The molecule has 0 aliphatic carbocycles. The molecular formula is C12H15NO2S. The van der Waals surface area contributed by atoms with Crippen LogP contribution in [0.1, 0.15) is 19.4 Å². The van der Waals surface area contributed by atoms with Crippen LogP contribution in [-0.2, 0) is 15.3 Å². The SMILES string of the molecule is COC1(c2ccccc2)OC(=S)NC1(C)C. The third-order valence-electron chi connectivity index (χ3n) is 2.92. The van der Waals surface area contributed by atoms with Crippen molar-refractivity contribution in [3.05, 3.63) is 35.9 Å². The number of methoxy groups -OCH3 is 1. The van der Waals surface area contributed by atoms with Gasteiger partial charge in [-0.3, -0.25) is 0 Å². The molecule has 0 saturated carbocycles. The number of nitrogens with one attached hydrogen (secondary N) is 1. The predicted molar refractivity (Wildman–Crippen MR) is 66.0 cm³/mol. The van der Waals surface area contributed by atoms with Crippen LogP contribution in [0.25, 0.3) is 0 Å². The molecule has 1 aliphatic heterocycles. The highest BCUT2D eigenvalue weighted by atomic mass is 32.1. The molecule has 1 aromatic rings. The lowest BCUT2D eigenvalue weighted by atomic mass is 9.88. The molecule has 2 rings (SSSR count). The van der Waals surface area contributed by atoms with E-state index < -0.39 is 11.3 Å². The molecule has 4 heteroatoms. The van der Waals surface area contributed by atoms with E-state index in [1.54, 1.807) is 7.11 Å². The molecule has 16 heavy (non-hydrogen) atoms. The van der Waals surface area contributed by atoms with Crippen LogP contribution >= 0.6 is 12.2 Å². The van der Waals surface area contributed by atoms with Crippen LogP contribution in [0.2, 0.25) is 0 Å². The van der Waals surface area contributed by atoms with Crippen molar-refractivity contribution in [3.8, 4) is 0 Å². The van der Waals surface area contributed by atoms with Crippen LogP contribution in [0.15, 0.2) is 30.3 Å². The number of rotatable bonds is 2. The Morgan fingerprint density at radius 2 is 1.88 bits per heavy atom. The first-order valence-corrected chi connectivity index (χ1v) is 5.54. The van der Waals surface area contributed by atoms with Crippen molar-refractivity contribution >= 4 is 17.4 Å². The Morgan fingerprint density at radius 3 is 2.31 bits per heavy atom. The Labute approximate surface area is 101 Å². The van der Waals surface area contributed by atoms with E-state index in [1.807, 2.05) is 44.2 Å². The highest BCUT2D eigenvalue weighted by Crippen LogP contribution is 2.41. The lowest BCUT2D eigenvalue weighted by molar-refractivity contribution is -0.199. The number of ether oxygens (including phenoxy) is 2. The van der Waals surface area contributed by atoms with Crippen LogP contribution in [0.4, 0.5) is 0 Å². The van der Waals surface area contributed by atoms with Gasteiger partial charge in [0.15, 0.2) is 0 Å². The van der Waals surface area contributed by atoms with Crippen LogP contribution < -0.4 is 5.32 Å². The second-order valence-electron chi connectivity index (χ2n) is 4.33. The molecule has 1 N–H and O–H groups in total. The summed E-state index contributed by atoms with van der Waals surface area (Å²) < 4.78 is 11.3. The lowest BCUT2D eigenvalue weighted by Gasteiger charge is -2.36. The molecule has 1 saturated heterocycles. The molecule has 0 bridgehead atoms. The van der Waals surface area contributed by atoms with Gasteiger partial charge < -0.3 is 14.8 Å². The average molecular weight is 237 g/mol. The van der Waals surface area contributed by atoms with Crippen LogP contribution in [0.3, 0.4) is 0 Å². The fourth-order valence-corrected chi connectivity index (χ4v) is 2.49. The molecule has 0 spiro atoms. The Balaban J connectivity index is 2.52. The summed E-state index contributed by atoms with van der Waals surface area (Å²) in [5, 5.41) is 3.49. The molecule has 1 fully saturated rings. The van der Waals surface area contributed by atoms with Gasteiger partial charge in [0.1, 0.15) is 5.54 Å². The van der Waals surface area contributed by atoms with Crippen LogP contribution in [0.5, 0.6) is 0 Å². The van der Waals surface area contributed by atoms with E-state index in [0.29, 0.717) is 5.17 Å². The standard InChI is InChI=1S/C12H15NO2S/c1-11(2)12(14-3,15-10(16)13-11)9-7-5-4-6-8-9/h4-8H,1-3H3,(H,13,16). The van der Waals surface area contributed by atoms with Gasteiger partial charge in [-0.2, -0.15) is 0 Å². The van der Waals surface area contributed by atoms with Crippen molar-refractivity contribution in [2.75, 3.05) is 7.11 Å². The minimum atomic E-state index is -0.856. The lowest BCUT2D eigenvalue weighted by Crippen LogP contribution is -2.51. The number of benzene rings is 1. The number of hydrogen-bond donors (Lipinski definition) is 1. The first kappa shape index (κ1) is 11.4. The zero-order chi connectivity index (χ0) is 11.8. The summed E-state index contributed by atoms with van der Waals surface area (Å²) in [5.74, 6) is -0.856. The quantitative estimate of drug-likeness (QED) is 0.799. The summed E-state index contributed by atoms with van der Waals surface area (Å²) in [4.78, 5) is 0. The van der Waals surface area contributed by atoms with Crippen LogP contribution in [0, 0.1) is 0 Å². The fraction of sp³-hybridized carbons (Fsp3) is 0.417. The second-order valence-corrected chi connectivity index (χ2v) is 4.70. The largest absolute Gasteiger partial charge is 0.431 e. The fourth-order valence-electron chi connectivity index (χ4n) is 2.11. The van der Waals surface area contributed by atoms with Crippen molar-refractivity contribution in [1.29, 1.82) is 0 Å². The summed E-state index contributed by atoms with van der Waals surface area (Å²) in [6, 6.07) is 9.82. The third kappa shape index (κ3) is 1.49. The molecule has 1 atom stereocenters. The van der Waals surface area contributed by atoms with Gasteiger partial charge in [-0.1, -0.05) is 30.3 Å². The maximum Gasteiger partial charge on any atom is 0.262 e. The van der Waals surface area contributed by atoms with Gasteiger partial charge in [0.2, 0.25) is 0 Å². The molecule has 0 aromatic heterocycles. The van der Waals surface area contributed by atoms with E-state index in [9.17, 15) is 0 Å². The summed E-state index contributed by atoms with van der Waals surface area (Å²) in [5.41, 5.74) is 0.551. The molecule has 0 amide bonds. The molecule has 1 heterocycles. The van der Waals surface area contributed by atoms with E-state index in [4.69, 9.17) is 21.7 Å². The maximum absolute atomic E-state index is 5.70. The predicted octanol–water partition coefficient (Wildman–Crippen LogP) is 2.17. The average Bonchev–Trinajstić information content (AvgIpc) is 2.49. The molecular weight excluding hydrogens is 222 g/mol. The van der Waals surface area contributed by atoms with Crippen molar-refractivity contribution < 1.29 is 9.47 Å². The number of thiocarbonyl (C=S) groups is 1. The van der Waals surface area contributed by atoms with Gasteiger partial charge in [0.25, 0.3) is 11.0 Å². The molecule has 1 unspecified atom stereocenters. The Hall–Kier alpha value is -1.13. The van der Waals surface area contributed by atoms with Gasteiger partial charge in [0.05, 0.1) is 0 Å². The zero-order valence-corrected chi connectivity index (χ0v) is 10.4. The summed E-state index contributed by atoms with van der Waals surface area (Å²) in [6.07, 6.45) is 0. The zero-order valence-electron chi connectivity index (χ0n) is 9.61. The molecule has 1 aliphatic rings. The Kier molecular flexibility index (Phi) is 2.64. The normalized spacial score (nSPS) is 27.3. The minimum absolute atomic E-state index is 0.371. The summed E-state index contributed by atoms with van der Waals surface area (Å²) in [6.45, 7) is 4.01. The molecule has 3 nitrogen and oxygen atoms in total. The Morgan fingerprint density at radius 1 is 1.25 bits per heavy atom. The topological polar surface area (TPSA) is 30.5 Å². The molecule has 1 aromatic carbocycles. The van der Waals surface area contributed by atoms with E-state index in [2.05, 4.69) is 5.32 Å². The Bertz CT molecular complexity index is 405. The molecule has 86 valence electrons. The summed E-state index contributed by atoms with van der Waals surface area (Å²) in [7, 11) is 1.63. The highest BCUT2D eigenvalue weighted by Gasteiger charge is 2.55. The van der Waals surface area contributed by atoms with Crippen molar-refractivity contribution in [2.24, 2.45) is 0 Å². The van der Waals surface area contributed by atoms with E-state index in [0.717, 1.165) is 5.56 Å². The maximum atomic E-state index is 5.70. The van der Waals surface area contributed by atoms with Crippen molar-refractivity contribution in [2.45, 2.75) is 25.2 Å². The van der Waals surface area contributed by atoms with E-state index >= 15 is 0 Å². The van der Waals surface area contributed by atoms with Gasteiger partial charge in [-0.05, 0) is 26.1 Å². The highest BCUT2D eigenvalue weighted by molar-refractivity contribution is 7.80. The van der Waals surface area contributed by atoms with Gasteiger partial charge in [-0.15, -0.1) is 0 Å². The van der Waals surface area contributed by atoms with Crippen molar-refractivity contribution in [1.82, 2.24) is 5.32 Å². The monoisotopic (exact) mass is 237 g/mol. The van der Waals surface area contributed by atoms with E-state index in [1.165, 1.54) is 0 Å². The van der Waals surface area contributed by atoms with Crippen LogP contribution in [-0.4, -0.2) is 17.8 Å². The second kappa shape index (κ2) is 3.71. The molecule has 0 radical (unpaired) electrons. The van der Waals surface area contributed by atoms with Gasteiger partial charge >= 0.3 is 0 Å². The third-order valence-corrected chi connectivity index (χ3v) is 3.10. The van der Waals surface area contributed by atoms with Gasteiger partial charge in [0, 0.05) is 12.7 Å². The first-order chi connectivity index (χ1) is 7.52.